The van der Waals surface area contributed by atoms with Crippen LogP contribution < -0.4 is 0 Å². The lowest BCUT2D eigenvalue weighted by Crippen LogP contribution is -1.99. The van der Waals surface area contributed by atoms with Gasteiger partial charge < -0.3 is 0 Å². The summed E-state index contributed by atoms with van der Waals surface area (Å²) in [5.74, 6) is 0.181. The molecular formula is C5H9BrO. The van der Waals surface area contributed by atoms with Crippen LogP contribution in [0.2, 0.25) is 0 Å². The predicted octanol–water partition coefficient (Wildman–Crippen LogP) is 1.95. The third-order valence-corrected chi connectivity index (χ3v) is 1.78. The van der Waals surface area contributed by atoms with Gasteiger partial charge in [0.1, 0.15) is 0 Å². The second-order valence-corrected chi connectivity index (χ2v) is 2.39. The Morgan fingerprint density at radius 2 is 2.29 bits per heavy atom. The van der Waals surface area contributed by atoms with Crippen molar-refractivity contribution in [2.75, 3.05) is 0 Å². The normalized spacial score (nSPS) is 13.6. The molecule has 0 fully saturated rings. The first-order valence-corrected chi connectivity index (χ1v) is 3.17. The molecule has 0 aromatic carbocycles. The van der Waals surface area contributed by atoms with Gasteiger partial charge in [-0.05, 0) is 22.4 Å². The molecule has 0 aromatic rings. The minimum atomic E-state index is 0.106. The Balaban J connectivity index is 3.34. The molecule has 42 valence electrons. The van der Waals surface area contributed by atoms with E-state index in [-0.39, 0.29) is 10.6 Å². The molecule has 0 aromatic heterocycles. The van der Waals surface area contributed by atoms with Crippen molar-refractivity contribution in [2.24, 2.45) is 5.92 Å². The lowest BCUT2D eigenvalue weighted by molar-refractivity contribution is -0.113. The summed E-state index contributed by atoms with van der Waals surface area (Å²) in [5.41, 5.74) is 0. The molecule has 0 heterocycles. The summed E-state index contributed by atoms with van der Waals surface area (Å²) in [6, 6.07) is 0. The van der Waals surface area contributed by atoms with Gasteiger partial charge in [-0.2, -0.15) is 0 Å². The van der Waals surface area contributed by atoms with Crippen LogP contribution in [0.5, 0.6) is 0 Å². The Labute approximate surface area is 52.2 Å². The maximum atomic E-state index is 10.3. The maximum Gasteiger partial charge on any atom is 0.200 e. The van der Waals surface area contributed by atoms with Crippen molar-refractivity contribution in [3.05, 3.63) is 0 Å². The van der Waals surface area contributed by atoms with E-state index < -0.39 is 0 Å². The van der Waals surface area contributed by atoms with E-state index in [4.69, 9.17) is 0 Å². The van der Waals surface area contributed by atoms with Gasteiger partial charge in [0.2, 0.25) is 4.69 Å². The molecule has 0 aliphatic heterocycles. The SMILES string of the molecule is CC[C@H](C)C(=O)Br. The summed E-state index contributed by atoms with van der Waals surface area (Å²) >= 11 is 2.86. The smallest absolute Gasteiger partial charge is 0.200 e. The van der Waals surface area contributed by atoms with Crippen molar-refractivity contribution in [1.29, 1.82) is 0 Å². The maximum absolute atomic E-state index is 10.3. The fourth-order valence-electron chi connectivity index (χ4n) is 0.160. The first kappa shape index (κ1) is 7.15. The van der Waals surface area contributed by atoms with Crippen molar-refractivity contribution in [2.45, 2.75) is 20.3 Å². The highest BCUT2D eigenvalue weighted by atomic mass is 79.9. The Bertz CT molecular complexity index is 70.5. The van der Waals surface area contributed by atoms with Crippen LogP contribution in [-0.4, -0.2) is 4.69 Å². The van der Waals surface area contributed by atoms with Crippen molar-refractivity contribution < 1.29 is 4.79 Å². The van der Waals surface area contributed by atoms with Gasteiger partial charge >= 0.3 is 0 Å². The summed E-state index contributed by atoms with van der Waals surface area (Å²) in [5, 5.41) is 0. The fraction of sp³-hybridized carbons (Fsp3) is 0.800. The number of hydrogen-bond donors (Lipinski definition) is 0. The van der Waals surface area contributed by atoms with Gasteiger partial charge in [0, 0.05) is 5.92 Å². The summed E-state index contributed by atoms with van der Waals surface area (Å²) in [6.07, 6.45) is 0.921. The molecule has 0 spiro atoms. The largest absolute Gasteiger partial charge is 0.286 e. The number of carbonyl (C=O) groups is 1. The third kappa shape index (κ3) is 2.80. The van der Waals surface area contributed by atoms with Gasteiger partial charge in [0.05, 0.1) is 0 Å². The van der Waals surface area contributed by atoms with Gasteiger partial charge in [-0.25, -0.2) is 0 Å². The van der Waals surface area contributed by atoms with Crippen molar-refractivity contribution in [3.63, 3.8) is 0 Å². The quantitative estimate of drug-likeness (QED) is 0.571. The average Bonchev–Trinajstić information content (AvgIpc) is 1.65. The van der Waals surface area contributed by atoms with E-state index in [1.165, 1.54) is 0 Å². The van der Waals surface area contributed by atoms with Crippen molar-refractivity contribution in [1.82, 2.24) is 0 Å². The Morgan fingerprint density at radius 3 is 2.29 bits per heavy atom. The van der Waals surface area contributed by atoms with E-state index in [0.29, 0.717) is 0 Å². The van der Waals surface area contributed by atoms with Crippen LogP contribution in [0.1, 0.15) is 20.3 Å². The monoisotopic (exact) mass is 164 g/mol. The Hall–Kier alpha value is 0.150. The number of halogens is 1. The molecule has 0 aliphatic rings. The van der Waals surface area contributed by atoms with E-state index in [2.05, 4.69) is 15.9 Å². The molecule has 0 rings (SSSR count). The zero-order valence-corrected chi connectivity index (χ0v) is 6.16. The number of carbonyl (C=O) groups excluding carboxylic acids is 1. The van der Waals surface area contributed by atoms with E-state index in [9.17, 15) is 4.79 Å². The highest BCUT2D eigenvalue weighted by molar-refractivity contribution is 9.18. The second kappa shape index (κ2) is 3.19. The highest BCUT2D eigenvalue weighted by Gasteiger charge is 2.03. The molecule has 7 heavy (non-hydrogen) atoms. The Kier molecular flexibility index (Phi) is 3.26. The molecule has 0 amide bonds. The van der Waals surface area contributed by atoms with E-state index in [0.717, 1.165) is 6.42 Å². The molecule has 0 N–H and O–H groups in total. The topological polar surface area (TPSA) is 17.1 Å². The van der Waals surface area contributed by atoms with Gasteiger partial charge in [-0.1, -0.05) is 13.8 Å². The zero-order chi connectivity index (χ0) is 5.86. The second-order valence-electron chi connectivity index (χ2n) is 1.61. The van der Waals surface area contributed by atoms with Gasteiger partial charge in [0.25, 0.3) is 0 Å². The number of hydrogen-bond acceptors (Lipinski definition) is 1. The van der Waals surface area contributed by atoms with Crippen LogP contribution >= 0.6 is 15.9 Å². The summed E-state index contributed by atoms with van der Waals surface area (Å²) < 4.78 is 0.106. The van der Waals surface area contributed by atoms with Crippen LogP contribution in [0.25, 0.3) is 0 Å². The van der Waals surface area contributed by atoms with E-state index >= 15 is 0 Å². The number of rotatable bonds is 2. The molecule has 0 unspecified atom stereocenters. The molecule has 0 aliphatic carbocycles. The zero-order valence-electron chi connectivity index (χ0n) is 4.57. The average molecular weight is 165 g/mol. The summed E-state index contributed by atoms with van der Waals surface area (Å²) in [4.78, 5) is 10.3. The molecule has 0 saturated heterocycles. The molecule has 0 bridgehead atoms. The lowest BCUT2D eigenvalue weighted by Gasteiger charge is -1.96. The van der Waals surface area contributed by atoms with Crippen LogP contribution in [0.15, 0.2) is 0 Å². The first-order chi connectivity index (χ1) is 3.18. The molecule has 0 radical (unpaired) electrons. The summed E-state index contributed by atoms with van der Waals surface area (Å²) in [7, 11) is 0. The van der Waals surface area contributed by atoms with Gasteiger partial charge in [-0.15, -0.1) is 0 Å². The minimum Gasteiger partial charge on any atom is -0.286 e. The molecule has 1 atom stereocenters. The Morgan fingerprint density at radius 1 is 1.86 bits per heavy atom. The minimum absolute atomic E-state index is 0.106. The van der Waals surface area contributed by atoms with E-state index in [1.54, 1.807) is 0 Å². The standard InChI is InChI=1S/C5H9BrO/c1-3-4(2)5(6)7/h4H,3H2,1-2H3/t4-/m0/s1. The summed E-state index contributed by atoms with van der Waals surface area (Å²) in [6.45, 7) is 3.89. The van der Waals surface area contributed by atoms with Crippen LogP contribution in [0.4, 0.5) is 0 Å². The molecule has 1 nitrogen and oxygen atoms in total. The van der Waals surface area contributed by atoms with Crippen molar-refractivity contribution >= 4 is 20.6 Å². The molecule has 2 heteroatoms. The first-order valence-electron chi connectivity index (χ1n) is 2.37. The molecule has 0 saturated carbocycles. The van der Waals surface area contributed by atoms with Crippen LogP contribution in [0.3, 0.4) is 0 Å². The van der Waals surface area contributed by atoms with Gasteiger partial charge in [0.15, 0.2) is 0 Å². The van der Waals surface area contributed by atoms with E-state index in [1.807, 2.05) is 13.8 Å². The van der Waals surface area contributed by atoms with Crippen molar-refractivity contribution in [3.8, 4) is 0 Å². The molecular weight excluding hydrogens is 156 g/mol. The predicted molar refractivity (Wildman–Crippen MR) is 33.4 cm³/mol. The van der Waals surface area contributed by atoms with Crippen LogP contribution in [-0.2, 0) is 4.79 Å². The third-order valence-electron chi connectivity index (χ3n) is 1.000. The lowest BCUT2D eigenvalue weighted by atomic mass is 10.2. The van der Waals surface area contributed by atoms with Crippen LogP contribution in [0, 0.1) is 5.92 Å². The highest BCUT2D eigenvalue weighted by Crippen LogP contribution is 2.05. The fourth-order valence-corrected chi connectivity index (χ4v) is 0.484. The van der Waals surface area contributed by atoms with Gasteiger partial charge in [-0.3, -0.25) is 4.79 Å².